The fourth-order valence-electron chi connectivity index (χ4n) is 3.61. The van der Waals surface area contributed by atoms with Gasteiger partial charge in [-0.25, -0.2) is 5.43 Å². The van der Waals surface area contributed by atoms with Gasteiger partial charge in [-0.3, -0.25) is 10.8 Å². The molecule has 1 aromatic rings. The zero-order valence-corrected chi connectivity index (χ0v) is 12.9. The van der Waals surface area contributed by atoms with Crippen LogP contribution in [0.1, 0.15) is 56.7 Å². The van der Waals surface area contributed by atoms with Gasteiger partial charge in [0.25, 0.3) is 0 Å². The lowest BCUT2D eigenvalue weighted by Gasteiger charge is -2.45. The van der Waals surface area contributed by atoms with Gasteiger partial charge in [0.05, 0.1) is 11.6 Å². The number of rotatable bonds is 5. The summed E-state index contributed by atoms with van der Waals surface area (Å²) in [6.45, 7) is 7.18. The van der Waals surface area contributed by atoms with Gasteiger partial charge in [0.15, 0.2) is 0 Å². The molecule has 1 aromatic heterocycles. The van der Waals surface area contributed by atoms with Gasteiger partial charge in [-0.05, 0) is 49.8 Å². The zero-order valence-electron chi connectivity index (χ0n) is 12.9. The van der Waals surface area contributed by atoms with Gasteiger partial charge in [0.2, 0.25) is 0 Å². The van der Waals surface area contributed by atoms with Crippen LogP contribution in [0.2, 0.25) is 0 Å². The van der Waals surface area contributed by atoms with Gasteiger partial charge in [-0.15, -0.1) is 0 Å². The van der Waals surface area contributed by atoms with E-state index < -0.39 is 0 Å². The second kappa shape index (κ2) is 6.66. The number of hydrazine groups is 1. The first-order valence-electron chi connectivity index (χ1n) is 7.63. The molecule has 20 heavy (non-hydrogen) atoms. The average molecular weight is 277 g/mol. The third-order valence-corrected chi connectivity index (χ3v) is 4.51. The van der Waals surface area contributed by atoms with Crippen molar-refractivity contribution in [1.82, 2.24) is 10.4 Å². The molecular formula is C16H27N3O. The number of ether oxygens (including phenoxy) is 1. The van der Waals surface area contributed by atoms with Crippen LogP contribution in [0.15, 0.2) is 18.5 Å². The number of hydrogen-bond acceptors (Lipinski definition) is 4. The second-order valence-corrected chi connectivity index (χ2v) is 6.03. The zero-order chi connectivity index (χ0) is 14.6. The fraction of sp³-hybridized carbons (Fsp3) is 0.688. The maximum atomic E-state index is 6.23. The van der Waals surface area contributed by atoms with Crippen LogP contribution in [0.25, 0.3) is 0 Å². The molecule has 4 heteroatoms. The summed E-state index contributed by atoms with van der Waals surface area (Å²) in [5.41, 5.74) is 5.16. The number of pyridine rings is 1. The van der Waals surface area contributed by atoms with E-state index in [1.54, 1.807) is 0 Å². The smallest absolute Gasteiger partial charge is 0.0892 e. The first-order chi connectivity index (χ1) is 9.63. The van der Waals surface area contributed by atoms with Crippen LogP contribution in [-0.4, -0.2) is 17.2 Å². The monoisotopic (exact) mass is 277 g/mol. The molecule has 2 rings (SSSR count). The number of aromatic nitrogens is 1. The number of nitrogens with one attached hydrogen (secondary N) is 1. The highest BCUT2D eigenvalue weighted by molar-refractivity contribution is 5.28. The lowest BCUT2D eigenvalue weighted by molar-refractivity contribution is -0.102. The van der Waals surface area contributed by atoms with Crippen molar-refractivity contribution in [3.05, 3.63) is 29.6 Å². The minimum Gasteiger partial charge on any atom is -0.373 e. The van der Waals surface area contributed by atoms with Crippen LogP contribution in [0, 0.1) is 12.8 Å². The molecule has 3 unspecified atom stereocenters. The highest BCUT2D eigenvalue weighted by Crippen LogP contribution is 2.43. The molecule has 1 heterocycles. The maximum Gasteiger partial charge on any atom is 0.0892 e. The van der Waals surface area contributed by atoms with Crippen LogP contribution >= 0.6 is 0 Å². The SMILES string of the molecule is CCOC1(C(NN)c2cnccc2C)CCCC(C)C1. The minimum atomic E-state index is -0.213. The van der Waals surface area contributed by atoms with E-state index in [0.717, 1.165) is 18.4 Å². The van der Waals surface area contributed by atoms with Crippen molar-refractivity contribution in [3.63, 3.8) is 0 Å². The summed E-state index contributed by atoms with van der Waals surface area (Å²) in [6, 6.07) is 2.03. The molecule has 0 radical (unpaired) electrons. The Labute approximate surface area is 122 Å². The van der Waals surface area contributed by atoms with Crippen molar-refractivity contribution >= 4 is 0 Å². The molecule has 0 amide bonds. The predicted octanol–water partition coefficient (Wildman–Crippen LogP) is 2.88. The third kappa shape index (κ3) is 3.03. The quantitative estimate of drug-likeness (QED) is 0.642. The topological polar surface area (TPSA) is 60.2 Å². The molecule has 0 bridgehead atoms. The van der Waals surface area contributed by atoms with E-state index in [1.165, 1.54) is 18.4 Å². The molecule has 112 valence electrons. The van der Waals surface area contributed by atoms with E-state index in [9.17, 15) is 0 Å². The van der Waals surface area contributed by atoms with E-state index in [2.05, 4.69) is 31.2 Å². The van der Waals surface area contributed by atoms with E-state index in [-0.39, 0.29) is 11.6 Å². The number of hydrogen-bond donors (Lipinski definition) is 2. The van der Waals surface area contributed by atoms with E-state index in [0.29, 0.717) is 12.5 Å². The molecule has 1 aliphatic carbocycles. The Bertz CT molecular complexity index is 433. The summed E-state index contributed by atoms with van der Waals surface area (Å²) in [5, 5.41) is 0. The highest BCUT2D eigenvalue weighted by atomic mass is 16.5. The van der Waals surface area contributed by atoms with Crippen molar-refractivity contribution in [1.29, 1.82) is 0 Å². The van der Waals surface area contributed by atoms with Gasteiger partial charge in [-0.1, -0.05) is 19.8 Å². The van der Waals surface area contributed by atoms with Crippen molar-refractivity contribution in [2.24, 2.45) is 11.8 Å². The number of nitrogens with zero attached hydrogens (tertiary/aromatic N) is 1. The lowest BCUT2D eigenvalue weighted by Crippen LogP contribution is -2.51. The number of nitrogens with two attached hydrogens (primary N) is 1. The van der Waals surface area contributed by atoms with Crippen molar-refractivity contribution in [2.45, 2.75) is 58.1 Å². The van der Waals surface area contributed by atoms with Gasteiger partial charge in [-0.2, -0.15) is 0 Å². The molecule has 0 spiro atoms. The molecule has 0 aromatic carbocycles. The molecule has 1 aliphatic rings. The standard InChI is InChI=1S/C16H27N3O/c1-4-20-16(8-5-6-12(2)10-16)15(19-17)14-11-18-9-7-13(14)3/h7,9,11-12,15,19H,4-6,8,10,17H2,1-3H3. The molecular weight excluding hydrogens is 250 g/mol. The average Bonchev–Trinajstić information content (AvgIpc) is 2.42. The predicted molar refractivity (Wildman–Crippen MR) is 81.0 cm³/mol. The molecule has 1 saturated carbocycles. The lowest BCUT2D eigenvalue weighted by atomic mass is 9.72. The van der Waals surface area contributed by atoms with Gasteiger partial charge < -0.3 is 4.74 Å². The molecule has 4 nitrogen and oxygen atoms in total. The summed E-state index contributed by atoms with van der Waals surface area (Å²) in [5.74, 6) is 6.58. The summed E-state index contributed by atoms with van der Waals surface area (Å²) in [7, 11) is 0. The van der Waals surface area contributed by atoms with Gasteiger partial charge in [0, 0.05) is 19.0 Å². The van der Waals surface area contributed by atoms with Crippen LogP contribution < -0.4 is 11.3 Å². The minimum absolute atomic E-state index is 0.00102. The summed E-state index contributed by atoms with van der Waals surface area (Å²) in [6.07, 6.45) is 8.30. The Morgan fingerprint density at radius 3 is 3.00 bits per heavy atom. The normalized spacial score (nSPS) is 28.3. The maximum absolute atomic E-state index is 6.23. The van der Waals surface area contributed by atoms with E-state index >= 15 is 0 Å². The second-order valence-electron chi connectivity index (χ2n) is 6.03. The Morgan fingerprint density at radius 1 is 1.60 bits per heavy atom. The van der Waals surface area contributed by atoms with Crippen molar-refractivity contribution in [3.8, 4) is 0 Å². The van der Waals surface area contributed by atoms with Crippen molar-refractivity contribution in [2.75, 3.05) is 6.61 Å². The van der Waals surface area contributed by atoms with Crippen LogP contribution in [0.5, 0.6) is 0 Å². The summed E-state index contributed by atoms with van der Waals surface area (Å²) >= 11 is 0. The largest absolute Gasteiger partial charge is 0.373 e. The molecule has 0 saturated heterocycles. The van der Waals surface area contributed by atoms with Gasteiger partial charge in [0.1, 0.15) is 0 Å². The van der Waals surface area contributed by atoms with E-state index in [1.807, 2.05) is 18.5 Å². The fourth-order valence-corrected chi connectivity index (χ4v) is 3.61. The van der Waals surface area contributed by atoms with Crippen LogP contribution in [-0.2, 0) is 4.74 Å². The highest BCUT2D eigenvalue weighted by Gasteiger charge is 2.43. The Kier molecular flexibility index (Phi) is 5.13. The summed E-state index contributed by atoms with van der Waals surface area (Å²) < 4.78 is 6.23. The molecule has 1 fully saturated rings. The van der Waals surface area contributed by atoms with Crippen LogP contribution in [0.3, 0.4) is 0 Å². The Hall–Kier alpha value is -0.970. The van der Waals surface area contributed by atoms with Crippen LogP contribution in [0.4, 0.5) is 0 Å². The van der Waals surface area contributed by atoms with Crippen molar-refractivity contribution < 1.29 is 4.74 Å². The first-order valence-corrected chi connectivity index (χ1v) is 7.63. The van der Waals surface area contributed by atoms with E-state index in [4.69, 9.17) is 10.6 Å². The Balaban J connectivity index is 2.37. The summed E-state index contributed by atoms with van der Waals surface area (Å²) in [4.78, 5) is 4.27. The number of aryl methyl sites for hydroxylation is 1. The molecule has 0 aliphatic heterocycles. The first kappa shape index (κ1) is 15.4. The molecule has 3 N–H and O–H groups in total. The third-order valence-electron chi connectivity index (χ3n) is 4.51. The van der Waals surface area contributed by atoms with Gasteiger partial charge >= 0.3 is 0 Å². The molecule has 3 atom stereocenters. The Morgan fingerprint density at radius 2 is 2.40 bits per heavy atom.